The van der Waals surface area contributed by atoms with Crippen molar-refractivity contribution in [1.29, 1.82) is 0 Å². The van der Waals surface area contributed by atoms with Gasteiger partial charge in [-0.15, -0.1) is 0 Å². The summed E-state index contributed by atoms with van der Waals surface area (Å²) in [7, 11) is -1.09. The van der Waals surface area contributed by atoms with Crippen molar-refractivity contribution in [3.8, 4) is 0 Å². The Morgan fingerprint density at radius 3 is 2.50 bits per heavy atom. The van der Waals surface area contributed by atoms with Crippen LogP contribution in [0.2, 0.25) is 0 Å². The number of fused-ring (bicyclic) bond motifs is 1. The van der Waals surface area contributed by atoms with Crippen molar-refractivity contribution in [2.24, 2.45) is 5.92 Å². The highest BCUT2D eigenvalue weighted by Crippen LogP contribution is 2.29. The van der Waals surface area contributed by atoms with Crippen LogP contribution in [0.4, 0.5) is 0 Å². The third kappa shape index (κ3) is 3.00. The molecule has 0 aliphatic carbocycles. The fourth-order valence-electron chi connectivity index (χ4n) is 2.60. The summed E-state index contributed by atoms with van der Waals surface area (Å²) in [6, 6.07) is 3.92. The zero-order valence-corrected chi connectivity index (χ0v) is 13.1. The molecule has 1 atom stereocenters. The maximum Gasteiger partial charge on any atom is 0.492 e. The lowest BCUT2D eigenvalue weighted by Crippen LogP contribution is -2.44. The molecule has 0 bridgehead atoms. The van der Waals surface area contributed by atoms with Crippen LogP contribution in [0, 0.1) is 5.92 Å². The minimum absolute atomic E-state index is 0.233. The summed E-state index contributed by atoms with van der Waals surface area (Å²) in [6.07, 6.45) is 0. The smallest absolute Gasteiger partial charge is 0.480 e. The number of carboxylic acid groups (broad SMARTS) is 1. The van der Waals surface area contributed by atoms with Gasteiger partial charge >= 0.3 is 13.1 Å². The normalized spacial score (nSPS) is 17.3. The van der Waals surface area contributed by atoms with Crippen LogP contribution in [0.5, 0.6) is 0 Å². The summed E-state index contributed by atoms with van der Waals surface area (Å²) in [5.74, 6) is -1.79. The molecular weight excluding hydrogens is 285 g/mol. The second-order valence-corrected chi connectivity index (χ2v) is 6.32. The van der Waals surface area contributed by atoms with Crippen LogP contribution in [0.25, 0.3) is 0 Å². The average molecular weight is 305 g/mol. The Labute approximate surface area is 129 Å². The molecule has 0 radical (unpaired) electrons. The predicted molar refractivity (Wildman–Crippen MR) is 81.9 cm³/mol. The predicted octanol–water partition coefficient (Wildman–Crippen LogP) is 0.478. The highest BCUT2D eigenvalue weighted by Gasteiger charge is 2.40. The SMILES string of the molecule is CC(C)[C@H](NC(=O)c1ccc2c(c1)B(O)OC2(C)C)C(=O)O. The number of benzene rings is 1. The van der Waals surface area contributed by atoms with Gasteiger partial charge in [-0.05, 0) is 42.9 Å². The number of carboxylic acids is 1. The van der Waals surface area contributed by atoms with Gasteiger partial charge in [-0.25, -0.2) is 4.79 Å². The molecule has 0 spiro atoms. The zero-order chi connectivity index (χ0) is 16.7. The molecule has 22 heavy (non-hydrogen) atoms. The van der Waals surface area contributed by atoms with E-state index in [2.05, 4.69) is 5.32 Å². The molecule has 1 aromatic carbocycles. The quantitative estimate of drug-likeness (QED) is 0.703. The van der Waals surface area contributed by atoms with Gasteiger partial charge in [0.15, 0.2) is 0 Å². The molecule has 7 heteroatoms. The maximum absolute atomic E-state index is 12.2. The molecule has 0 unspecified atom stereocenters. The van der Waals surface area contributed by atoms with Crippen molar-refractivity contribution < 1.29 is 24.4 Å². The Balaban J connectivity index is 2.26. The van der Waals surface area contributed by atoms with Gasteiger partial charge in [0.25, 0.3) is 5.91 Å². The molecule has 0 aromatic heterocycles. The number of carbonyl (C=O) groups is 2. The van der Waals surface area contributed by atoms with Gasteiger partial charge in [0.05, 0.1) is 5.60 Å². The lowest BCUT2D eigenvalue weighted by atomic mass is 9.77. The van der Waals surface area contributed by atoms with E-state index >= 15 is 0 Å². The van der Waals surface area contributed by atoms with E-state index in [9.17, 15) is 14.6 Å². The maximum atomic E-state index is 12.2. The second-order valence-electron chi connectivity index (χ2n) is 6.32. The molecule has 1 aromatic rings. The van der Waals surface area contributed by atoms with Gasteiger partial charge in [0, 0.05) is 5.56 Å². The summed E-state index contributed by atoms with van der Waals surface area (Å²) in [4.78, 5) is 23.4. The number of hydrogen-bond acceptors (Lipinski definition) is 4. The molecule has 1 aliphatic rings. The van der Waals surface area contributed by atoms with Crippen molar-refractivity contribution in [2.75, 3.05) is 0 Å². The number of nitrogens with one attached hydrogen (secondary N) is 1. The molecule has 0 saturated heterocycles. The lowest BCUT2D eigenvalue weighted by Gasteiger charge is -2.20. The zero-order valence-electron chi connectivity index (χ0n) is 13.1. The fourth-order valence-corrected chi connectivity index (χ4v) is 2.60. The Morgan fingerprint density at radius 1 is 1.32 bits per heavy atom. The fraction of sp³-hybridized carbons (Fsp3) is 0.467. The van der Waals surface area contributed by atoms with Crippen LogP contribution < -0.4 is 10.8 Å². The van der Waals surface area contributed by atoms with E-state index in [1.54, 1.807) is 32.0 Å². The van der Waals surface area contributed by atoms with Gasteiger partial charge in [0.1, 0.15) is 6.04 Å². The number of carbonyl (C=O) groups excluding carboxylic acids is 1. The summed E-state index contributed by atoms with van der Waals surface area (Å²) < 4.78 is 5.44. The molecule has 2 rings (SSSR count). The number of aliphatic carboxylic acids is 1. The van der Waals surface area contributed by atoms with E-state index in [1.807, 2.05) is 13.8 Å². The van der Waals surface area contributed by atoms with Crippen LogP contribution in [0.3, 0.4) is 0 Å². The monoisotopic (exact) mass is 305 g/mol. The number of rotatable bonds is 4. The first-order valence-corrected chi connectivity index (χ1v) is 7.17. The van der Waals surface area contributed by atoms with Crippen LogP contribution in [-0.2, 0) is 15.0 Å². The molecule has 118 valence electrons. The van der Waals surface area contributed by atoms with Crippen molar-refractivity contribution in [2.45, 2.75) is 39.3 Å². The standard InChI is InChI=1S/C15H20BNO5/c1-8(2)12(14(19)20)17-13(18)9-5-6-10-11(7-9)16(21)22-15(10,3)4/h5-8,12,21H,1-4H3,(H,17,18)(H,19,20)/t12-/m0/s1. The molecular formula is C15H20BNO5. The third-order valence-electron chi connectivity index (χ3n) is 3.85. The van der Waals surface area contributed by atoms with Gasteiger partial charge in [-0.3, -0.25) is 4.79 Å². The topological polar surface area (TPSA) is 95.9 Å². The highest BCUT2D eigenvalue weighted by atomic mass is 16.5. The average Bonchev–Trinajstić information content (AvgIpc) is 2.64. The molecule has 0 fully saturated rings. The van der Waals surface area contributed by atoms with Crippen molar-refractivity contribution in [3.05, 3.63) is 29.3 Å². The Kier molecular flexibility index (Phi) is 4.31. The first-order chi connectivity index (χ1) is 10.1. The van der Waals surface area contributed by atoms with E-state index in [1.165, 1.54) is 0 Å². The van der Waals surface area contributed by atoms with Crippen LogP contribution >= 0.6 is 0 Å². The van der Waals surface area contributed by atoms with Gasteiger partial charge in [-0.2, -0.15) is 0 Å². The summed E-state index contributed by atoms with van der Waals surface area (Å²) in [6.45, 7) is 7.12. The van der Waals surface area contributed by atoms with Gasteiger partial charge in [0.2, 0.25) is 0 Å². The van der Waals surface area contributed by atoms with Crippen molar-refractivity contribution in [3.63, 3.8) is 0 Å². The van der Waals surface area contributed by atoms with Crippen LogP contribution in [-0.4, -0.2) is 35.2 Å². The summed E-state index contributed by atoms with van der Waals surface area (Å²) in [5, 5.41) is 21.6. The Morgan fingerprint density at radius 2 is 1.95 bits per heavy atom. The first kappa shape index (κ1) is 16.5. The minimum atomic E-state index is -1.09. The van der Waals surface area contributed by atoms with E-state index in [0.29, 0.717) is 11.0 Å². The van der Waals surface area contributed by atoms with E-state index < -0.39 is 30.6 Å². The van der Waals surface area contributed by atoms with Crippen molar-refractivity contribution in [1.82, 2.24) is 5.32 Å². The summed E-state index contributed by atoms with van der Waals surface area (Å²) in [5.41, 5.74) is 1.03. The molecule has 6 nitrogen and oxygen atoms in total. The second kappa shape index (κ2) is 5.74. The minimum Gasteiger partial charge on any atom is -0.480 e. The molecule has 0 saturated carbocycles. The van der Waals surface area contributed by atoms with Gasteiger partial charge < -0.3 is 20.1 Å². The molecule has 1 aliphatic heterocycles. The van der Waals surface area contributed by atoms with E-state index in [4.69, 9.17) is 9.76 Å². The molecule has 3 N–H and O–H groups in total. The molecule has 1 heterocycles. The van der Waals surface area contributed by atoms with E-state index in [0.717, 1.165) is 5.56 Å². The third-order valence-corrected chi connectivity index (χ3v) is 3.85. The lowest BCUT2D eigenvalue weighted by molar-refractivity contribution is -0.140. The number of amides is 1. The van der Waals surface area contributed by atoms with Crippen LogP contribution in [0.1, 0.15) is 43.6 Å². The molecule has 1 amide bonds. The Hall–Kier alpha value is -1.86. The van der Waals surface area contributed by atoms with Gasteiger partial charge in [-0.1, -0.05) is 19.9 Å². The Bertz CT molecular complexity index is 614. The number of hydrogen-bond donors (Lipinski definition) is 3. The summed E-state index contributed by atoms with van der Waals surface area (Å²) >= 11 is 0. The first-order valence-electron chi connectivity index (χ1n) is 7.17. The highest BCUT2D eigenvalue weighted by molar-refractivity contribution is 6.62. The van der Waals surface area contributed by atoms with Crippen molar-refractivity contribution >= 4 is 24.5 Å². The van der Waals surface area contributed by atoms with E-state index in [-0.39, 0.29) is 5.92 Å². The largest absolute Gasteiger partial charge is 0.492 e. The van der Waals surface area contributed by atoms with Crippen LogP contribution in [0.15, 0.2) is 18.2 Å².